The van der Waals surface area contributed by atoms with Crippen LogP contribution in [-0.4, -0.2) is 30.1 Å². The zero-order valence-electron chi connectivity index (χ0n) is 12.4. The van der Waals surface area contributed by atoms with Crippen molar-refractivity contribution in [1.82, 2.24) is 4.90 Å². The van der Waals surface area contributed by atoms with Crippen LogP contribution < -0.4 is 5.73 Å². The highest BCUT2D eigenvalue weighted by molar-refractivity contribution is 9.10. The standard InChI is InChI=1S/C17H25BrN2/c1-13-5-8-20(9-6-13)17(12-19)7-4-14-10-16(18)3-2-15(14)11-17/h2-3,10,13H,4-9,11-12,19H2,1H3. The van der Waals surface area contributed by atoms with Crippen molar-refractivity contribution >= 4 is 15.9 Å². The molecule has 0 saturated carbocycles. The second-order valence-electron chi connectivity index (χ2n) is 6.69. The number of likely N-dealkylation sites (tertiary alicyclic amines) is 1. The second kappa shape index (κ2) is 5.78. The minimum atomic E-state index is 0.209. The number of rotatable bonds is 2. The summed E-state index contributed by atoms with van der Waals surface area (Å²) >= 11 is 3.58. The predicted molar refractivity (Wildman–Crippen MR) is 87.9 cm³/mol. The molecule has 1 aliphatic heterocycles. The number of nitrogens with two attached hydrogens (primary N) is 1. The first-order valence-corrected chi connectivity index (χ1v) is 8.65. The van der Waals surface area contributed by atoms with E-state index in [9.17, 15) is 0 Å². The molecule has 20 heavy (non-hydrogen) atoms. The molecule has 0 aromatic heterocycles. The van der Waals surface area contributed by atoms with Gasteiger partial charge in [0.25, 0.3) is 0 Å². The molecule has 0 amide bonds. The Morgan fingerprint density at radius 3 is 2.75 bits per heavy atom. The summed E-state index contributed by atoms with van der Waals surface area (Å²) in [6, 6.07) is 6.74. The van der Waals surface area contributed by atoms with E-state index < -0.39 is 0 Å². The average Bonchev–Trinajstić information content (AvgIpc) is 2.47. The Morgan fingerprint density at radius 1 is 1.30 bits per heavy atom. The number of halogens is 1. The van der Waals surface area contributed by atoms with Crippen LogP contribution in [0.3, 0.4) is 0 Å². The van der Waals surface area contributed by atoms with Crippen LogP contribution in [-0.2, 0) is 12.8 Å². The molecule has 1 heterocycles. The molecule has 1 unspecified atom stereocenters. The normalized spacial score (nSPS) is 28.4. The highest BCUT2D eigenvalue weighted by Crippen LogP contribution is 2.36. The first-order chi connectivity index (χ1) is 9.63. The van der Waals surface area contributed by atoms with E-state index >= 15 is 0 Å². The zero-order valence-corrected chi connectivity index (χ0v) is 14.0. The van der Waals surface area contributed by atoms with E-state index in [1.54, 1.807) is 0 Å². The molecule has 2 aliphatic rings. The van der Waals surface area contributed by atoms with Gasteiger partial charge in [0.2, 0.25) is 0 Å². The topological polar surface area (TPSA) is 29.3 Å². The van der Waals surface area contributed by atoms with Crippen LogP contribution in [0.1, 0.15) is 37.3 Å². The summed E-state index contributed by atoms with van der Waals surface area (Å²) in [4.78, 5) is 2.69. The van der Waals surface area contributed by atoms with Gasteiger partial charge in [0, 0.05) is 16.6 Å². The Balaban J connectivity index is 1.82. The quantitative estimate of drug-likeness (QED) is 0.897. The molecule has 1 aromatic rings. The molecule has 2 N–H and O–H groups in total. The van der Waals surface area contributed by atoms with Crippen LogP contribution in [0.2, 0.25) is 0 Å². The van der Waals surface area contributed by atoms with E-state index in [-0.39, 0.29) is 5.54 Å². The third-order valence-electron chi connectivity index (χ3n) is 5.38. The van der Waals surface area contributed by atoms with E-state index in [0.717, 1.165) is 25.3 Å². The summed E-state index contributed by atoms with van der Waals surface area (Å²) < 4.78 is 1.20. The largest absolute Gasteiger partial charge is 0.329 e. The molecular weight excluding hydrogens is 312 g/mol. The van der Waals surface area contributed by atoms with Gasteiger partial charge >= 0.3 is 0 Å². The van der Waals surface area contributed by atoms with E-state index in [4.69, 9.17) is 5.73 Å². The van der Waals surface area contributed by atoms with Gasteiger partial charge in [0.15, 0.2) is 0 Å². The Bertz CT molecular complexity index is 480. The van der Waals surface area contributed by atoms with Gasteiger partial charge in [-0.2, -0.15) is 0 Å². The van der Waals surface area contributed by atoms with E-state index in [1.807, 2.05) is 0 Å². The van der Waals surface area contributed by atoms with E-state index in [2.05, 4.69) is 46.0 Å². The SMILES string of the molecule is CC1CCN(C2(CN)CCc3cc(Br)ccc3C2)CC1. The van der Waals surface area contributed by atoms with Crippen molar-refractivity contribution < 1.29 is 0 Å². The second-order valence-corrected chi connectivity index (χ2v) is 7.60. The third kappa shape index (κ3) is 2.68. The number of hydrogen-bond donors (Lipinski definition) is 1. The molecule has 1 aromatic carbocycles. The summed E-state index contributed by atoms with van der Waals surface area (Å²) in [5.74, 6) is 0.882. The molecule has 0 spiro atoms. The van der Waals surface area contributed by atoms with Crippen molar-refractivity contribution in [2.24, 2.45) is 11.7 Å². The number of aryl methyl sites for hydroxylation is 1. The average molecular weight is 337 g/mol. The van der Waals surface area contributed by atoms with Gasteiger partial charge in [-0.3, -0.25) is 4.90 Å². The van der Waals surface area contributed by atoms with Gasteiger partial charge in [-0.25, -0.2) is 0 Å². The molecule has 0 radical (unpaired) electrons. The smallest absolute Gasteiger partial charge is 0.0375 e. The van der Waals surface area contributed by atoms with Crippen LogP contribution >= 0.6 is 15.9 Å². The lowest BCUT2D eigenvalue weighted by Gasteiger charge is -2.49. The van der Waals surface area contributed by atoms with Gasteiger partial charge in [-0.1, -0.05) is 28.9 Å². The monoisotopic (exact) mass is 336 g/mol. The van der Waals surface area contributed by atoms with Crippen molar-refractivity contribution in [2.75, 3.05) is 19.6 Å². The lowest BCUT2D eigenvalue weighted by atomic mass is 9.75. The van der Waals surface area contributed by atoms with Crippen LogP contribution in [0.5, 0.6) is 0 Å². The highest BCUT2D eigenvalue weighted by Gasteiger charge is 2.39. The highest BCUT2D eigenvalue weighted by atomic mass is 79.9. The first-order valence-electron chi connectivity index (χ1n) is 7.85. The molecular formula is C17H25BrN2. The van der Waals surface area contributed by atoms with Crippen molar-refractivity contribution in [3.63, 3.8) is 0 Å². The fraction of sp³-hybridized carbons (Fsp3) is 0.647. The summed E-state index contributed by atoms with van der Waals surface area (Å²) in [5.41, 5.74) is 9.46. The number of benzene rings is 1. The maximum absolute atomic E-state index is 6.24. The van der Waals surface area contributed by atoms with Gasteiger partial charge in [0.1, 0.15) is 0 Å². The van der Waals surface area contributed by atoms with E-state index in [0.29, 0.717) is 0 Å². The Labute approximate surface area is 130 Å². The van der Waals surface area contributed by atoms with Gasteiger partial charge in [-0.05, 0) is 74.4 Å². The van der Waals surface area contributed by atoms with E-state index in [1.165, 1.54) is 48.0 Å². The van der Waals surface area contributed by atoms with Gasteiger partial charge in [-0.15, -0.1) is 0 Å². The van der Waals surface area contributed by atoms with Crippen LogP contribution in [0.4, 0.5) is 0 Å². The fourth-order valence-electron chi connectivity index (χ4n) is 3.87. The summed E-state index contributed by atoms with van der Waals surface area (Å²) in [7, 11) is 0. The lowest BCUT2D eigenvalue weighted by molar-refractivity contribution is 0.0465. The minimum absolute atomic E-state index is 0.209. The summed E-state index contributed by atoms with van der Waals surface area (Å²) in [5, 5.41) is 0. The van der Waals surface area contributed by atoms with Crippen molar-refractivity contribution in [3.8, 4) is 0 Å². The van der Waals surface area contributed by atoms with Gasteiger partial charge < -0.3 is 5.73 Å². The summed E-state index contributed by atoms with van der Waals surface area (Å²) in [6.45, 7) is 5.62. The molecule has 1 atom stereocenters. The summed E-state index contributed by atoms with van der Waals surface area (Å²) in [6.07, 6.45) is 6.16. The molecule has 1 saturated heterocycles. The maximum atomic E-state index is 6.24. The molecule has 110 valence electrons. The molecule has 0 bridgehead atoms. The maximum Gasteiger partial charge on any atom is 0.0375 e. The fourth-order valence-corrected chi connectivity index (χ4v) is 4.27. The van der Waals surface area contributed by atoms with Gasteiger partial charge in [0.05, 0.1) is 0 Å². The Morgan fingerprint density at radius 2 is 2.05 bits per heavy atom. The minimum Gasteiger partial charge on any atom is -0.329 e. The zero-order chi connectivity index (χ0) is 14.2. The Hall–Kier alpha value is -0.380. The number of piperidine rings is 1. The van der Waals surface area contributed by atoms with Crippen LogP contribution in [0.25, 0.3) is 0 Å². The van der Waals surface area contributed by atoms with Crippen molar-refractivity contribution in [1.29, 1.82) is 0 Å². The molecule has 3 rings (SSSR count). The molecule has 3 heteroatoms. The predicted octanol–water partition coefficient (Wildman–Crippen LogP) is 3.37. The van der Waals surface area contributed by atoms with Crippen LogP contribution in [0, 0.1) is 5.92 Å². The molecule has 1 fully saturated rings. The van der Waals surface area contributed by atoms with Crippen LogP contribution in [0.15, 0.2) is 22.7 Å². The third-order valence-corrected chi connectivity index (χ3v) is 5.88. The molecule has 1 aliphatic carbocycles. The molecule has 2 nitrogen and oxygen atoms in total. The van der Waals surface area contributed by atoms with Crippen molar-refractivity contribution in [2.45, 2.75) is 44.6 Å². The number of fused-ring (bicyclic) bond motifs is 1. The first kappa shape index (κ1) is 14.6. The lowest BCUT2D eigenvalue weighted by Crippen LogP contribution is -2.59. The van der Waals surface area contributed by atoms with Crippen molar-refractivity contribution in [3.05, 3.63) is 33.8 Å². The number of nitrogens with zero attached hydrogens (tertiary/aromatic N) is 1. The Kier molecular flexibility index (Phi) is 4.21. The number of hydrogen-bond acceptors (Lipinski definition) is 2.